The second kappa shape index (κ2) is 5.72. The Hall–Kier alpha value is -0.0800. The Kier molecular flexibility index (Phi) is 4.26. The molecule has 2 N–H and O–H groups in total. The summed E-state index contributed by atoms with van der Waals surface area (Å²) in [6.07, 6.45) is 8.66. The highest BCUT2D eigenvalue weighted by atomic mass is 14.9. The van der Waals surface area contributed by atoms with Gasteiger partial charge >= 0.3 is 0 Å². The molecular formula is C12H24N2. The Morgan fingerprint density at radius 2 is 1.79 bits per heavy atom. The van der Waals surface area contributed by atoms with E-state index in [0.29, 0.717) is 0 Å². The van der Waals surface area contributed by atoms with Gasteiger partial charge in [-0.25, -0.2) is 0 Å². The predicted octanol–water partition coefficient (Wildman–Crippen LogP) is 1.77. The normalized spacial score (nSPS) is 27.9. The van der Waals surface area contributed by atoms with E-state index >= 15 is 0 Å². The smallest absolute Gasteiger partial charge is 0.00196 e. The van der Waals surface area contributed by atoms with Gasteiger partial charge in [-0.05, 0) is 57.3 Å². The molecule has 2 aliphatic rings. The van der Waals surface area contributed by atoms with E-state index in [1.807, 2.05) is 0 Å². The third kappa shape index (κ3) is 3.25. The van der Waals surface area contributed by atoms with Crippen LogP contribution in [0.1, 0.15) is 38.5 Å². The van der Waals surface area contributed by atoms with Crippen molar-refractivity contribution in [1.29, 1.82) is 0 Å². The minimum absolute atomic E-state index is 0.950. The molecule has 0 radical (unpaired) electrons. The molecule has 0 aromatic heterocycles. The van der Waals surface area contributed by atoms with Crippen LogP contribution in [0.5, 0.6) is 0 Å². The molecule has 0 spiro atoms. The third-order valence-corrected chi connectivity index (χ3v) is 3.85. The van der Waals surface area contributed by atoms with Crippen LogP contribution in [0.4, 0.5) is 0 Å². The second-order valence-electron chi connectivity index (χ2n) is 4.98. The van der Waals surface area contributed by atoms with Crippen LogP contribution in [0.25, 0.3) is 0 Å². The third-order valence-electron chi connectivity index (χ3n) is 3.85. The summed E-state index contributed by atoms with van der Waals surface area (Å²) in [6.45, 7) is 4.99. The summed E-state index contributed by atoms with van der Waals surface area (Å²) in [6, 6.07) is 0. The first-order chi connectivity index (χ1) is 6.95. The SMILES string of the molecule is C1CC(CCNCCC2CCNC2)C1. The molecule has 2 rings (SSSR count). The average Bonchev–Trinajstić information content (AvgIpc) is 2.60. The molecule has 0 aromatic rings. The Bertz CT molecular complexity index is 148. The zero-order chi connectivity index (χ0) is 9.64. The van der Waals surface area contributed by atoms with Crippen molar-refractivity contribution in [2.24, 2.45) is 11.8 Å². The molecule has 1 heterocycles. The first kappa shape index (κ1) is 10.4. The van der Waals surface area contributed by atoms with E-state index in [4.69, 9.17) is 0 Å². The van der Waals surface area contributed by atoms with Crippen molar-refractivity contribution < 1.29 is 0 Å². The van der Waals surface area contributed by atoms with Gasteiger partial charge in [0.15, 0.2) is 0 Å². The molecule has 0 amide bonds. The van der Waals surface area contributed by atoms with Crippen molar-refractivity contribution >= 4 is 0 Å². The van der Waals surface area contributed by atoms with Crippen LogP contribution >= 0.6 is 0 Å². The summed E-state index contributed by atoms with van der Waals surface area (Å²) < 4.78 is 0. The van der Waals surface area contributed by atoms with Gasteiger partial charge in [-0.2, -0.15) is 0 Å². The van der Waals surface area contributed by atoms with Crippen molar-refractivity contribution in [2.45, 2.75) is 38.5 Å². The predicted molar refractivity (Wildman–Crippen MR) is 60.4 cm³/mol. The van der Waals surface area contributed by atoms with Crippen molar-refractivity contribution in [3.05, 3.63) is 0 Å². The van der Waals surface area contributed by atoms with E-state index in [1.165, 1.54) is 64.7 Å². The monoisotopic (exact) mass is 196 g/mol. The van der Waals surface area contributed by atoms with Crippen molar-refractivity contribution in [2.75, 3.05) is 26.2 Å². The molecule has 1 atom stereocenters. The van der Waals surface area contributed by atoms with E-state index in [-0.39, 0.29) is 0 Å². The summed E-state index contributed by atoms with van der Waals surface area (Å²) in [7, 11) is 0. The molecule has 14 heavy (non-hydrogen) atoms. The van der Waals surface area contributed by atoms with Gasteiger partial charge in [0.25, 0.3) is 0 Å². The molecule has 1 aliphatic heterocycles. The molecule has 2 nitrogen and oxygen atoms in total. The lowest BCUT2D eigenvalue weighted by atomic mass is 9.83. The lowest BCUT2D eigenvalue weighted by Crippen LogP contribution is -2.24. The maximum Gasteiger partial charge on any atom is -0.00196 e. The summed E-state index contributed by atoms with van der Waals surface area (Å²) in [5.41, 5.74) is 0. The highest BCUT2D eigenvalue weighted by molar-refractivity contribution is 4.73. The van der Waals surface area contributed by atoms with Gasteiger partial charge in [0.2, 0.25) is 0 Å². The molecule has 0 aromatic carbocycles. The fourth-order valence-corrected chi connectivity index (χ4v) is 2.48. The van der Waals surface area contributed by atoms with E-state index in [1.54, 1.807) is 0 Å². The standard InChI is InChI=1S/C12H24N2/c1-2-11(3-1)4-7-13-8-5-12-6-9-14-10-12/h11-14H,1-10H2. The summed E-state index contributed by atoms with van der Waals surface area (Å²) >= 11 is 0. The van der Waals surface area contributed by atoms with Crippen LogP contribution in [0.15, 0.2) is 0 Å². The Morgan fingerprint density at radius 1 is 1.00 bits per heavy atom. The Labute approximate surface area is 87.8 Å². The van der Waals surface area contributed by atoms with Crippen molar-refractivity contribution in [1.82, 2.24) is 10.6 Å². The van der Waals surface area contributed by atoms with E-state index in [2.05, 4.69) is 10.6 Å². The van der Waals surface area contributed by atoms with E-state index in [0.717, 1.165) is 11.8 Å². The topological polar surface area (TPSA) is 24.1 Å². The van der Waals surface area contributed by atoms with E-state index in [9.17, 15) is 0 Å². The second-order valence-corrected chi connectivity index (χ2v) is 4.98. The number of nitrogens with one attached hydrogen (secondary N) is 2. The molecule has 1 saturated heterocycles. The summed E-state index contributed by atoms with van der Waals surface area (Å²) in [5.74, 6) is 2.02. The highest BCUT2D eigenvalue weighted by Crippen LogP contribution is 2.28. The van der Waals surface area contributed by atoms with Gasteiger partial charge < -0.3 is 10.6 Å². The Balaban J connectivity index is 1.39. The first-order valence-electron chi connectivity index (χ1n) is 6.36. The Morgan fingerprint density at radius 3 is 2.36 bits per heavy atom. The first-order valence-corrected chi connectivity index (χ1v) is 6.36. The minimum Gasteiger partial charge on any atom is -0.317 e. The quantitative estimate of drug-likeness (QED) is 0.633. The highest BCUT2D eigenvalue weighted by Gasteiger charge is 2.16. The van der Waals surface area contributed by atoms with Crippen LogP contribution in [-0.4, -0.2) is 26.2 Å². The molecule has 2 fully saturated rings. The summed E-state index contributed by atoms with van der Waals surface area (Å²) in [4.78, 5) is 0. The molecule has 0 bridgehead atoms. The zero-order valence-electron chi connectivity index (χ0n) is 9.23. The van der Waals surface area contributed by atoms with Gasteiger partial charge in [0, 0.05) is 0 Å². The molecule has 1 unspecified atom stereocenters. The zero-order valence-corrected chi connectivity index (χ0v) is 9.23. The van der Waals surface area contributed by atoms with Crippen LogP contribution in [0, 0.1) is 11.8 Å². The largest absolute Gasteiger partial charge is 0.317 e. The molecule has 2 heteroatoms. The molecule has 82 valence electrons. The summed E-state index contributed by atoms with van der Waals surface area (Å²) in [5, 5.41) is 7.01. The van der Waals surface area contributed by atoms with Gasteiger partial charge in [-0.15, -0.1) is 0 Å². The van der Waals surface area contributed by atoms with Crippen molar-refractivity contribution in [3.8, 4) is 0 Å². The maximum atomic E-state index is 3.58. The average molecular weight is 196 g/mol. The molecule has 1 aliphatic carbocycles. The fraction of sp³-hybridized carbons (Fsp3) is 1.00. The molecular weight excluding hydrogens is 172 g/mol. The van der Waals surface area contributed by atoms with Gasteiger partial charge in [-0.3, -0.25) is 0 Å². The van der Waals surface area contributed by atoms with Crippen LogP contribution in [0.3, 0.4) is 0 Å². The van der Waals surface area contributed by atoms with Gasteiger partial charge in [0.1, 0.15) is 0 Å². The van der Waals surface area contributed by atoms with Gasteiger partial charge in [0.05, 0.1) is 0 Å². The number of rotatable bonds is 6. The lowest BCUT2D eigenvalue weighted by Gasteiger charge is -2.25. The molecule has 1 saturated carbocycles. The van der Waals surface area contributed by atoms with Crippen LogP contribution < -0.4 is 10.6 Å². The number of hydrogen-bond donors (Lipinski definition) is 2. The van der Waals surface area contributed by atoms with Crippen LogP contribution in [0.2, 0.25) is 0 Å². The van der Waals surface area contributed by atoms with E-state index < -0.39 is 0 Å². The number of hydrogen-bond acceptors (Lipinski definition) is 2. The maximum absolute atomic E-state index is 3.58. The van der Waals surface area contributed by atoms with Crippen molar-refractivity contribution in [3.63, 3.8) is 0 Å². The minimum atomic E-state index is 0.950. The fourth-order valence-electron chi connectivity index (χ4n) is 2.48. The van der Waals surface area contributed by atoms with Gasteiger partial charge in [-0.1, -0.05) is 19.3 Å². The lowest BCUT2D eigenvalue weighted by molar-refractivity contribution is 0.291. The van der Waals surface area contributed by atoms with Crippen LogP contribution in [-0.2, 0) is 0 Å².